The third-order valence-corrected chi connectivity index (χ3v) is 2.44. The summed E-state index contributed by atoms with van der Waals surface area (Å²) in [6, 6.07) is 2.80. The summed E-state index contributed by atoms with van der Waals surface area (Å²) >= 11 is 5.29. The van der Waals surface area contributed by atoms with Gasteiger partial charge in [-0.1, -0.05) is 6.07 Å². The standard InChI is InChI=1S/C11H12ClFN2O3/c12-5-10(16)15-9-4-6(1-2-7(9)13)3-8(14)11(17)18/h1-2,4,8H,3,5,14H2,(H,15,16)(H,17,18). The van der Waals surface area contributed by atoms with Crippen LogP contribution < -0.4 is 11.1 Å². The average molecular weight is 275 g/mol. The average Bonchev–Trinajstić information content (AvgIpc) is 2.33. The number of hydrogen-bond acceptors (Lipinski definition) is 3. The van der Waals surface area contributed by atoms with Gasteiger partial charge in [-0.25, -0.2) is 4.39 Å². The molecule has 1 unspecified atom stereocenters. The zero-order valence-corrected chi connectivity index (χ0v) is 10.1. The van der Waals surface area contributed by atoms with Crippen molar-refractivity contribution in [2.75, 3.05) is 11.2 Å². The summed E-state index contributed by atoms with van der Waals surface area (Å²) in [6.45, 7) is 0. The van der Waals surface area contributed by atoms with Crippen LogP contribution in [0.1, 0.15) is 5.56 Å². The second kappa shape index (κ2) is 6.32. The summed E-state index contributed by atoms with van der Waals surface area (Å²) in [4.78, 5) is 21.6. The Labute approximate surface area is 108 Å². The third kappa shape index (κ3) is 3.97. The van der Waals surface area contributed by atoms with E-state index in [-0.39, 0.29) is 18.0 Å². The predicted molar refractivity (Wildman–Crippen MR) is 65.1 cm³/mol. The molecule has 4 N–H and O–H groups in total. The zero-order chi connectivity index (χ0) is 13.7. The van der Waals surface area contributed by atoms with E-state index in [1.807, 2.05) is 0 Å². The molecule has 7 heteroatoms. The SMILES string of the molecule is NC(Cc1ccc(F)c(NC(=O)CCl)c1)C(=O)O. The minimum Gasteiger partial charge on any atom is -0.480 e. The minimum absolute atomic E-state index is 0.0410. The number of benzene rings is 1. The van der Waals surface area contributed by atoms with E-state index >= 15 is 0 Å². The number of carbonyl (C=O) groups excluding carboxylic acids is 1. The van der Waals surface area contributed by atoms with Gasteiger partial charge in [0.05, 0.1) is 5.69 Å². The van der Waals surface area contributed by atoms with Gasteiger partial charge < -0.3 is 16.2 Å². The molecule has 0 aliphatic heterocycles. The molecule has 0 heterocycles. The zero-order valence-electron chi connectivity index (χ0n) is 9.32. The lowest BCUT2D eigenvalue weighted by molar-refractivity contribution is -0.138. The van der Waals surface area contributed by atoms with E-state index in [0.29, 0.717) is 5.56 Å². The van der Waals surface area contributed by atoms with Crippen molar-refractivity contribution in [2.45, 2.75) is 12.5 Å². The highest BCUT2D eigenvalue weighted by molar-refractivity contribution is 6.29. The van der Waals surface area contributed by atoms with E-state index in [0.717, 1.165) is 6.07 Å². The number of anilines is 1. The first-order valence-corrected chi connectivity index (χ1v) is 5.60. The maximum absolute atomic E-state index is 13.4. The van der Waals surface area contributed by atoms with E-state index in [2.05, 4.69) is 5.32 Å². The fourth-order valence-electron chi connectivity index (χ4n) is 1.32. The largest absolute Gasteiger partial charge is 0.480 e. The van der Waals surface area contributed by atoms with Crippen molar-refractivity contribution in [1.82, 2.24) is 0 Å². The number of hydrogen-bond donors (Lipinski definition) is 3. The molecular formula is C11H12ClFN2O3. The first kappa shape index (κ1) is 14.4. The number of amides is 1. The van der Waals surface area contributed by atoms with Gasteiger partial charge in [-0.2, -0.15) is 0 Å². The summed E-state index contributed by atoms with van der Waals surface area (Å²) in [7, 11) is 0. The summed E-state index contributed by atoms with van der Waals surface area (Å²) in [5, 5.41) is 10.9. The number of carbonyl (C=O) groups is 2. The van der Waals surface area contributed by atoms with E-state index in [1.54, 1.807) is 0 Å². The van der Waals surface area contributed by atoms with Gasteiger partial charge in [-0.05, 0) is 24.1 Å². The van der Waals surface area contributed by atoms with E-state index in [9.17, 15) is 14.0 Å². The van der Waals surface area contributed by atoms with Crippen LogP contribution in [0.4, 0.5) is 10.1 Å². The molecule has 1 amide bonds. The van der Waals surface area contributed by atoms with Crippen LogP contribution in [0.25, 0.3) is 0 Å². The van der Waals surface area contributed by atoms with Gasteiger partial charge in [0, 0.05) is 0 Å². The Morgan fingerprint density at radius 2 is 2.17 bits per heavy atom. The lowest BCUT2D eigenvalue weighted by Gasteiger charge is -2.09. The first-order valence-electron chi connectivity index (χ1n) is 5.06. The van der Waals surface area contributed by atoms with Crippen LogP contribution in [0.15, 0.2) is 18.2 Å². The molecule has 5 nitrogen and oxygen atoms in total. The van der Waals surface area contributed by atoms with Gasteiger partial charge in [0.2, 0.25) is 5.91 Å². The number of nitrogens with one attached hydrogen (secondary N) is 1. The second-order valence-electron chi connectivity index (χ2n) is 3.64. The van der Waals surface area contributed by atoms with Crippen LogP contribution >= 0.6 is 11.6 Å². The maximum atomic E-state index is 13.4. The third-order valence-electron chi connectivity index (χ3n) is 2.20. The summed E-state index contributed by atoms with van der Waals surface area (Å²) < 4.78 is 13.4. The molecule has 98 valence electrons. The Kier molecular flexibility index (Phi) is 5.06. The van der Waals surface area contributed by atoms with Gasteiger partial charge in [0.15, 0.2) is 0 Å². The Bertz CT molecular complexity index is 468. The highest BCUT2D eigenvalue weighted by atomic mass is 35.5. The fourth-order valence-corrected chi connectivity index (χ4v) is 1.39. The first-order chi connectivity index (χ1) is 8.43. The maximum Gasteiger partial charge on any atom is 0.320 e. The topological polar surface area (TPSA) is 92.4 Å². The predicted octanol–water partition coefficient (Wildman–Crippen LogP) is 0.957. The molecule has 0 saturated carbocycles. The lowest BCUT2D eigenvalue weighted by Crippen LogP contribution is -2.32. The quantitative estimate of drug-likeness (QED) is 0.697. The summed E-state index contributed by atoms with van der Waals surface area (Å²) in [6.07, 6.45) is 0.0410. The van der Waals surface area contributed by atoms with E-state index in [1.165, 1.54) is 12.1 Å². The monoisotopic (exact) mass is 274 g/mol. The molecule has 1 rings (SSSR count). The van der Waals surface area contributed by atoms with Gasteiger partial charge in [-0.3, -0.25) is 9.59 Å². The Hall–Kier alpha value is -1.66. The van der Waals surface area contributed by atoms with Crippen LogP contribution in [0, 0.1) is 5.82 Å². The van der Waals surface area contributed by atoms with Crippen LogP contribution in [0.3, 0.4) is 0 Å². The highest BCUT2D eigenvalue weighted by Gasteiger charge is 2.14. The lowest BCUT2D eigenvalue weighted by atomic mass is 10.1. The number of carboxylic acid groups (broad SMARTS) is 1. The number of alkyl halides is 1. The van der Waals surface area contributed by atoms with Crippen LogP contribution in [-0.4, -0.2) is 28.9 Å². The van der Waals surface area contributed by atoms with Crippen molar-refractivity contribution in [2.24, 2.45) is 5.73 Å². The van der Waals surface area contributed by atoms with Crippen molar-refractivity contribution in [3.8, 4) is 0 Å². The van der Waals surface area contributed by atoms with Crippen molar-refractivity contribution in [1.29, 1.82) is 0 Å². The Morgan fingerprint density at radius 3 is 2.72 bits per heavy atom. The molecule has 0 spiro atoms. The second-order valence-corrected chi connectivity index (χ2v) is 3.91. The molecule has 1 aromatic rings. The summed E-state index contributed by atoms with van der Waals surface area (Å²) in [5.41, 5.74) is 5.83. The minimum atomic E-state index is -1.15. The molecule has 0 fully saturated rings. The molecule has 0 aliphatic rings. The van der Waals surface area contributed by atoms with Gasteiger partial charge in [0.1, 0.15) is 17.7 Å². The van der Waals surface area contributed by atoms with Crippen molar-refractivity contribution in [3.05, 3.63) is 29.6 Å². The molecule has 1 aromatic carbocycles. The van der Waals surface area contributed by atoms with Crippen molar-refractivity contribution >= 4 is 29.2 Å². The number of nitrogens with two attached hydrogens (primary N) is 1. The van der Waals surface area contributed by atoms with Crippen molar-refractivity contribution in [3.63, 3.8) is 0 Å². The van der Waals surface area contributed by atoms with E-state index < -0.39 is 23.7 Å². The fraction of sp³-hybridized carbons (Fsp3) is 0.273. The van der Waals surface area contributed by atoms with Crippen LogP contribution in [-0.2, 0) is 16.0 Å². The van der Waals surface area contributed by atoms with Crippen LogP contribution in [0.2, 0.25) is 0 Å². The molecule has 1 atom stereocenters. The molecule has 18 heavy (non-hydrogen) atoms. The van der Waals surface area contributed by atoms with Gasteiger partial charge >= 0.3 is 5.97 Å². The molecular weight excluding hydrogens is 263 g/mol. The molecule has 0 aliphatic carbocycles. The molecule has 0 bridgehead atoms. The number of carboxylic acids is 1. The molecule has 0 saturated heterocycles. The molecule has 0 aromatic heterocycles. The Balaban J connectivity index is 2.86. The molecule has 0 radical (unpaired) electrons. The van der Waals surface area contributed by atoms with Gasteiger partial charge in [-0.15, -0.1) is 11.6 Å². The number of halogens is 2. The smallest absolute Gasteiger partial charge is 0.320 e. The Morgan fingerprint density at radius 1 is 1.50 bits per heavy atom. The van der Waals surface area contributed by atoms with Crippen LogP contribution in [0.5, 0.6) is 0 Å². The van der Waals surface area contributed by atoms with E-state index in [4.69, 9.17) is 22.4 Å². The number of rotatable bonds is 5. The number of aliphatic carboxylic acids is 1. The highest BCUT2D eigenvalue weighted by Crippen LogP contribution is 2.17. The summed E-state index contributed by atoms with van der Waals surface area (Å²) in [5.74, 6) is -2.61. The normalized spacial score (nSPS) is 11.9. The van der Waals surface area contributed by atoms with Crippen molar-refractivity contribution < 1.29 is 19.1 Å². The van der Waals surface area contributed by atoms with Gasteiger partial charge in [0.25, 0.3) is 0 Å².